The molecule has 6 nitrogen and oxygen atoms in total. The van der Waals surface area contributed by atoms with Gasteiger partial charge in [0.2, 0.25) is 0 Å². The van der Waals surface area contributed by atoms with E-state index in [9.17, 15) is 9.59 Å². The van der Waals surface area contributed by atoms with Crippen molar-refractivity contribution in [2.24, 2.45) is 7.05 Å². The third-order valence-electron chi connectivity index (χ3n) is 2.99. The number of aromatic carboxylic acids is 1. The number of anilines is 1. The summed E-state index contributed by atoms with van der Waals surface area (Å²) >= 11 is 0. The number of ketones is 1. The largest absolute Gasteiger partial charge is 0.497 e. The molecule has 2 rings (SSSR count). The molecule has 1 aromatic heterocycles. The number of benzene rings is 1. The summed E-state index contributed by atoms with van der Waals surface area (Å²) in [6.07, 6.45) is 1.46. The lowest BCUT2D eigenvalue weighted by Gasteiger charge is -2.06. The zero-order valence-electron chi connectivity index (χ0n) is 11.1. The summed E-state index contributed by atoms with van der Waals surface area (Å²) in [5, 5.41) is 8.99. The Hall–Kier alpha value is -2.76. The van der Waals surface area contributed by atoms with Crippen molar-refractivity contribution < 1.29 is 19.4 Å². The van der Waals surface area contributed by atoms with Crippen LogP contribution in [-0.2, 0) is 7.05 Å². The van der Waals surface area contributed by atoms with Crippen LogP contribution in [0, 0.1) is 0 Å². The lowest BCUT2D eigenvalue weighted by Crippen LogP contribution is -2.05. The molecule has 0 amide bonds. The molecule has 0 aliphatic heterocycles. The van der Waals surface area contributed by atoms with Gasteiger partial charge in [0.25, 0.3) is 0 Å². The Morgan fingerprint density at radius 1 is 1.30 bits per heavy atom. The van der Waals surface area contributed by atoms with E-state index < -0.39 is 5.97 Å². The molecule has 0 spiro atoms. The summed E-state index contributed by atoms with van der Waals surface area (Å²) < 4.78 is 6.44. The van der Waals surface area contributed by atoms with Crippen molar-refractivity contribution >= 4 is 17.4 Å². The topological polar surface area (TPSA) is 94.6 Å². The number of carboxylic acid groups (broad SMARTS) is 1. The number of methoxy groups -OCH3 is 1. The van der Waals surface area contributed by atoms with E-state index in [-0.39, 0.29) is 22.6 Å². The summed E-state index contributed by atoms with van der Waals surface area (Å²) in [6, 6.07) is 6.08. The van der Waals surface area contributed by atoms with Crippen molar-refractivity contribution in [2.75, 3.05) is 12.8 Å². The van der Waals surface area contributed by atoms with Crippen LogP contribution >= 0.6 is 0 Å². The molecule has 0 saturated carbocycles. The van der Waals surface area contributed by atoms with Crippen LogP contribution in [0.1, 0.15) is 26.4 Å². The number of nitrogens with two attached hydrogens (primary N) is 1. The van der Waals surface area contributed by atoms with Gasteiger partial charge in [0.15, 0.2) is 5.78 Å². The molecule has 0 radical (unpaired) electrons. The molecule has 0 atom stereocenters. The fraction of sp³-hybridized carbons (Fsp3) is 0.143. The zero-order valence-corrected chi connectivity index (χ0v) is 11.1. The molecule has 0 fully saturated rings. The average Bonchev–Trinajstić information content (AvgIpc) is 2.81. The molecule has 0 unspecified atom stereocenters. The zero-order chi connectivity index (χ0) is 14.9. The van der Waals surface area contributed by atoms with E-state index in [2.05, 4.69) is 0 Å². The van der Waals surface area contributed by atoms with Crippen LogP contribution in [0.3, 0.4) is 0 Å². The van der Waals surface area contributed by atoms with E-state index in [0.29, 0.717) is 11.4 Å². The van der Waals surface area contributed by atoms with E-state index in [1.807, 2.05) is 0 Å². The summed E-state index contributed by atoms with van der Waals surface area (Å²) in [6.45, 7) is 0. The smallest absolute Gasteiger partial charge is 0.352 e. The summed E-state index contributed by atoms with van der Waals surface area (Å²) in [7, 11) is 3.06. The monoisotopic (exact) mass is 274 g/mol. The number of carbonyl (C=O) groups is 2. The number of nitrogens with zero attached hydrogens (tertiary/aromatic N) is 1. The molecule has 3 N–H and O–H groups in total. The van der Waals surface area contributed by atoms with Gasteiger partial charge >= 0.3 is 5.97 Å². The maximum atomic E-state index is 12.4. The number of carbonyl (C=O) groups excluding carboxylic acids is 1. The third kappa shape index (κ3) is 2.35. The normalized spacial score (nSPS) is 10.3. The van der Waals surface area contributed by atoms with Crippen LogP contribution < -0.4 is 10.5 Å². The number of ether oxygens (including phenoxy) is 1. The van der Waals surface area contributed by atoms with Crippen LogP contribution in [0.4, 0.5) is 5.69 Å². The number of nitrogen functional groups attached to an aromatic ring is 1. The molecule has 6 heteroatoms. The fourth-order valence-corrected chi connectivity index (χ4v) is 1.92. The molecule has 0 aliphatic carbocycles. The van der Waals surface area contributed by atoms with Crippen LogP contribution in [0.2, 0.25) is 0 Å². The highest BCUT2D eigenvalue weighted by atomic mass is 16.5. The van der Waals surface area contributed by atoms with E-state index >= 15 is 0 Å². The fourth-order valence-electron chi connectivity index (χ4n) is 1.92. The van der Waals surface area contributed by atoms with Crippen LogP contribution in [0.25, 0.3) is 0 Å². The lowest BCUT2D eigenvalue weighted by atomic mass is 10.0. The SMILES string of the molecule is COc1ccc(N)c(C(=O)c2cc(C(=O)O)n(C)c2)c1. The third-order valence-corrected chi connectivity index (χ3v) is 2.99. The van der Waals surface area contributed by atoms with E-state index in [0.717, 1.165) is 0 Å². The quantitative estimate of drug-likeness (QED) is 0.651. The van der Waals surface area contributed by atoms with Crippen molar-refractivity contribution in [1.82, 2.24) is 4.57 Å². The highest BCUT2D eigenvalue weighted by molar-refractivity contribution is 6.13. The average molecular weight is 274 g/mol. The summed E-state index contributed by atoms with van der Waals surface area (Å²) in [5.41, 5.74) is 6.69. The lowest BCUT2D eigenvalue weighted by molar-refractivity contribution is 0.0686. The maximum Gasteiger partial charge on any atom is 0.352 e. The minimum absolute atomic E-state index is 0.0369. The number of hydrogen-bond donors (Lipinski definition) is 2. The second-order valence-corrected chi connectivity index (χ2v) is 4.31. The van der Waals surface area contributed by atoms with Gasteiger partial charge in [-0.15, -0.1) is 0 Å². The molecule has 1 heterocycles. The molecule has 0 aliphatic rings. The van der Waals surface area contributed by atoms with Gasteiger partial charge in [-0.2, -0.15) is 0 Å². The van der Waals surface area contributed by atoms with Gasteiger partial charge in [0.1, 0.15) is 11.4 Å². The minimum Gasteiger partial charge on any atom is -0.497 e. The molecule has 1 aromatic carbocycles. The maximum absolute atomic E-state index is 12.4. The Labute approximate surface area is 115 Å². The first-order chi connectivity index (χ1) is 9.43. The molecule has 2 aromatic rings. The number of aryl methyl sites for hydroxylation is 1. The van der Waals surface area contributed by atoms with E-state index in [1.54, 1.807) is 19.2 Å². The number of hydrogen-bond acceptors (Lipinski definition) is 4. The Kier molecular flexibility index (Phi) is 3.47. The molecular weight excluding hydrogens is 260 g/mol. The van der Waals surface area contributed by atoms with Crippen LogP contribution in [-0.4, -0.2) is 28.5 Å². The summed E-state index contributed by atoms with van der Waals surface area (Å²) in [4.78, 5) is 23.4. The molecule has 0 saturated heterocycles. The van der Waals surface area contributed by atoms with Gasteiger partial charge in [-0.25, -0.2) is 4.79 Å². The van der Waals surface area contributed by atoms with Crippen LogP contribution in [0.5, 0.6) is 5.75 Å². The first-order valence-electron chi connectivity index (χ1n) is 5.82. The standard InChI is InChI=1S/C14H14N2O4/c1-16-7-8(5-12(16)14(18)19)13(17)10-6-9(20-2)3-4-11(10)15/h3-7H,15H2,1-2H3,(H,18,19). The highest BCUT2D eigenvalue weighted by Crippen LogP contribution is 2.23. The summed E-state index contributed by atoms with van der Waals surface area (Å²) in [5.74, 6) is -0.924. The number of rotatable bonds is 4. The van der Waals surface area contributed by atoms with Crippen LogP contribution in [0.15, 0.2) is 30.5 Å². The first kappa shape index (κ1) is 13.7. The Morgan fingerprint density at radius 2 is 2.00 bits per heavy atom. The second kappa shape index (κ2) is 5.08. The number of carboxylic acids is 1. The van der Waals surface area contributed by atoms with Gasteiger partial charge < -0.3 is 20.1 Å². The Morgan fingerprint density at radius 3 is 2.55 bits per heavy atom. The Balaban J connectivity index is 2.46. The van der Waals surface area contributed by atoms with Crippen molar-refractivity contribution in [3.63, 3.8) is 0 Å². The van der Waals surface area contributed by atoms with Gasteiger partial charge in [0, 0.05) is 30.1 Å². The van der Waals surface area contributed by atoms with E-state index in [1.165, 1.54) is 30.0 Å². The van der Waals surface area contributed by atoms with Gasteiger partial charge in [-0.3, -0.25) is 4.79 Å². The Bertz CT molecular complexity index is 688. The van der Waals surface area contributed by atoms with Gasteiger partial charge in [-0.05, 0) is 24.3 Å². The predicted octanol–water partition coefficient (Wildman–Crippen LogP) is 1.55. The van der Waals surface area contributed by atoms with Crippen molar-refractivity contribution in [2.45, 2.75) is 0 Å². The van der Waals surface area contributed by atoms with E-state index in [4.69, 9.17) is 15.6 Å². The first-order valence-corrected chi connectivity index (χ1v) is 5.82. The predicted molar refractivity (Wildman–Crippen MR) is 73.2 cm³/mol. The molecule has 0 bridgehead atoms. The molecule has 104 valence electrons. The van der Waals surface area contributed by atoms with Gasteiger partial charge in [0.05, 0.1) is 7.11 Å². The minimum atomic E-state index is -1.09. The van der Waals surface area contributed by atoms with Crippen molar-refractivity contribution in [3.05, 3.63) is 47.3 Å². The molecular formula is C14H14N2O4. The molecule has 20 heavy (non-hydrogen) atoms. The highest BCUT2D eigenvalue weighted by Gasteiger charge is 2.18. The van der Waals surface area contributed by atoms with Crippen molar-refractivity contribution in [3.8, 4) is 5.75 Å². The number of aromatic nitrogens is 1. The second-order valence-electron chi connectivity index (χ2n) is 4.31. The van der Waals surface area contributed by atoms with Gasteiger partial charge in [-0.1, -0.05) is 0 Å². The van der Waals surface area contributed by atoms with Crippen molar-refractivity contribution in [1.29, 1.82) is 0 Å².